The van der Waals surface area contributed by atoms with Gasteiger partial charge in [0.15, 0.2) is 0 Å². The van der Waals surface area contributed by atoms with E-state index in [1.54, 1.807) is 74.4 Å². The number of ether oxygens (including phenoxy) is 4. The summed E-state index contributed by atoms with van der Waals surface area (Å²) in [6, 6.07) is 40.0. The minimum atomic E-state index is -0.567. The predicted octanol–water partition coefficient (Wildman–Crippen LogP) is 9.86. The molecule has 1 saturated heterocycles. The number of allylic oxidation sites excluding steroid dienone is 1. The molecule has 370 valence electrons. The number of hydrogen-bond donors (Lipinski definition) is 5. The summed E-state index contributed by atoms with van der Waals surface area (Å²) in [5.74, 6) is 2.26. The summed E-state index contributed by atoms with van der Waals surface area (Å²) in [5, 5.41) is 13.6. The van der Waals surface area contributed by atoms with Crippen molar-refractivity contribution >= 4 is 40.8 Å². The Kier molecular flexibility index (Phi) is 20.2. The van der Waals surface area contributed by atoms with Gasteiger partial charge in [-0.25, -0.2) is 4.79 Å². The molecule has 1 fully saturated rings. The average Bonchev–Trinajstić information content (AvgIpc) is 3.85. The second kappa shape index (κ2) is 27.8. The van der Waals surface area contributed by atoms with Gasteiger partial charge in [0, 0.05) is 107 Å². The summed E-state index contributed by atoms with van der Waals surface area (Å²) >= 11 is 0. The minimum absolute atomic E-state index is 0.112. The molecule has 72 heavy (non-hydrogen) atoms. The van der Waals surface area contributed by atoms with Crippen molar-refractivity contribution in [1.82, 2.24) is 25.6 Å². The van der Waals surface area contributed by atoms with Gasteiger partial charge in [-0.15, -0.1) is 0 Å². The van der Waals surface area contributed by atoms with Crippen molar-refractivity contribution in [3.05, 3.63) is 210 Å². The van der Waals surface area contributed by atoms with E-state index in [1.807, 2.05) is 110 Å². The molecule has 5 amide bonds. The number of nitrogens with zero attached hydrogens (tertiary/aromatic N) is 3. The molecular weight excluding hydrogens is 913 g/mol. The Balaban J connectivity index is 0.000000177. The zero-order valence-electron chi connectivity index (χ0n) is 40.5. The molecule has 1 atom stereocenters. The van der Waals surface area contributed by atoms with Gasteiger partial charge in [0.25, 0.3) is 11.8 Å². The van der Waals surface area contributed by atoms with Crippen LogP contribution in [0.1, 0.15) is 66.2 Å². The lowest BCUT2D eigenvalue weighted by Crippen LogP contribution is -2.38. The Bertz CT molecular complexity index is 2870. The molecule has 5 N–H and O–H groups in total. The van der Waals surface area contributed by atoms with Gasteiger partial charge < -0.3 is 45.5 Å². The van der Waals surface area contributed by atoms with Gasteiger partial charge in [-0.2, -0.15) is 0 Å². The van der Waals surface area contributed by atoms with Gasteiger partial charge in [0.05, 0.1) is 12.4 Å². The first kappa shape index (κ1) is 52.3. The number of benzene rings is 4. The van der Waals surface area contributed by atoms with Crippen LogP contribution in [0, 0.1) is 0 Å². The highest BCUT2D eigenvalue weighted by molar-refractivity contribution is 6.05. The number of anilines is 3. The van der Waals surface area contributed by atoms with E-state index in [-0.39, 0.29) is 36.2 Å². The smallest absolute Gasteiger partial charge is 0.315 e. The standard InChI is InChI=1S/C22H22N2O2.C18H20N2O3.C16H16N4O3/c1-16(2)20-10-3-4-11-21(20)22(25)24-18-8-5-9-19(13-18)26-15-17-7-6-12-23-14-17;1-3-22-14(2)10-18(21)20-16-7-4-8-17(11-16)23-13-15-6-5-9-19-12-15;21-15(14-9-18-16(22)20-14)19-12-4-1-5-13(7-12)23-10-11-3-2-6-17-8-11/h3-14,16H,15H2,1-2H3,(H,24,25);4-12H,3,13H2,1-2H3,(H,20,21);1-8,14H,9-10H2,(H,19,21)(H2,18,20,22)/b;14-10+;. The molecule has 1 unspecified atom stereocenters. The minimum Gasteiger partial charge on any atom is -0.498 e. The van der Waals surface area contributed by atoms with E-state index in [4.69, 9.17) is 18.9 Å². The van der Waals surface area contributed by atoms with Gasteiger partial charge in [0.2, 0.25) is 5.91 Å². The number of nitrogens with one attached hydrogen (secondary N) is 5. The predicted molar refractivity (Wildman–Crippen MR) is 276 cm³/mol. The second-order valence-electron chi connectivity index (χ2n) is 16.3. The van der Waals surface area contributed by atoms with Crippen molar-refractivity contribution in [1.29, 1.82) is 0 Å². The quantitative estimate of drug-likeness (QED) is 0.0404. The van der Waals surface area contributed by atoms with Crippen molar-refractivity contribution < 1.29 is 38.1 Å². The summed E-state index contributed by atoms with van der Waals surface area (Å²) < 4.78 is 22.4. The van der Waals surface area contributed by atoms with Crippen LogP contribution in [-0.2, 0) is 34.1 Å². The zero-order chi connectivity index (χ0) is 50.9. The number of pyridine rings is 3. The number of aromatic nitrogens is 3. The van der Waals surface area contributed by atoms with Crippen LogP contribution >= 0.6 is 0 Å². The molecule has 7 aromatic rings. The molecule has 16 heteroatoms. The van der Waals surface area contributed by atoms with Gasteiger partial charge in [0.1, 0.15) is 43.1 Å². The Morgan fingerprint density at radius 3 is 1.57 bits per heavy atom. The largest absolute Gasteiger partial charge is 0.498 e. The van der Waals surface area contributed by atoms with E-state index in [1.165, 1.54) is 6.08 Å². The van der Waals surface area contributed by atoms with Crippen LogP contribution in [0.2, 0.25) is 0 Å². The van der Waals surface area contributed by atoms with Gasteiger partial charge in [-0.3, -0.25) is 29.3 Å². The normalized spacial score (nSPS) is 12.5. The molecule has 8 rings (SSSR count). The van der Waals surface area contributed by atoms with E-state index >= 15 is 0 Å². The summed E-state index contributed by atoms with van der Waals surface area (Å²) in [5.41, 5.74) is 6.65. The second-order valence-corrected chi connectivity index (χ2v) is 16.3. The van der Waals surface area contributed by atoms with Crippen LogP contribution in [0.15, 0.2) is 182 Å². The van der Waals surface area contributed by atoms with E-state index < -0.39 is 6.04 Å². The Labute approximate surface area is 419 Å². The third-order valence-corrected chi connectivity index (χ3v) is 10.3. The van der Waals surface area contributed by atoms with Gasteiger partial charge in [-0.05, 0) is 86.0 Å². The number of rotatable bonds is 18. The van der Waals surface area contributed by atoms with Crippen LogP contribution in [0.25, 0.3) is 0 Å². The number of amides is 5. The number of carbonyl (C=O) groups is 4. The van der Waals surface area contributed by atoms with Crippen molar-refractivity contribution in [3.63, 3.8) is 0 Å². The molecule has 0 bridgehead atoms. The first-order valence-electron chi connectivity index (χ1n) is 23.2. The Morgan fingerprint density at radius 1 is 0.639 bits per heavy atom. The van der Waals surface area contributed by atoms with Crippen LogP contribution < -0.4 is 40.8 Å². The van der Waals surface area contributed by atoms with Crippen LogP contribution in [-0.4, -0.2) is 57.9 Å². The monoisotopic (exact) mass is 970 g/mol. The topological polar surface area (TPSA) is 204 Å². The lowest BCUT2D eigenvalue weighted by atomic mass is 9.97. The number of carbonyl (C=O) groups excluding carboxylic acids is 4. The van der Waals surface area contributed by atoms with Crippen LogP contribution in [0.4, 0.5) is 21.9 Å². The molecule has 0 spiro atoms. The van der Waals surface area contributed by atoms with Crippen molar-refractivity contribution in [2.75, 3.05) is 29.1 Å². The van der Waals surface area contributed by atoms with Crippen molar-refractivity contribution in [3.8, 4) is 17.2 Å². The summed E-state index contributed by atoms with van der Waals surface area (Å²) in [7, 11) is 0. The molecule has 1 aliphatic heterocycles. The molecule has 0 radical (unpaired) electrons. The molecule has 0 aliphatic carbocycles. The SMILES string of the molecule is CC(C)c1ccccc1C(=O)Nc1cccc(OCc2cccnc2)c1.CCO/C(C)=C/C(=O)Nc1cccc(OCc2cccnc2)c1.O=C1NCC(C(=O)Nc2cccc(OCc3cccnc3)c2)N1. The van der Waals surface area contributed by atoms with Crippen molar-refractivity contribution in [2.45, 2.75) is 59.5 Å². The third kappa shape index (κ3) is 17.8. The molecule has 0 saturated carbocycles. The zero-order valence-corrected chi connectivity index (χ0v) is 40.5. The fourth-order valence-corrected chi connectivity index (χ4v) is 6.82. The summed E-state index contributed by atoms with van der Waals surface area (Å²) in [6.45, 7) is 9.85. The maximum Gasteiger partial charge on any atom is 0.315 e. The Hall–Kier alpha value is -9.05. The lowest BCUT2D eigenvalue weighted by Gasteiger charge is -2.13. The fraction of sp³-hybridized carbons (Fsp3) is 0.196. The van der Waals surface area contributed by atoms with Crippen molar-refractivity contribution in [2.24, 2.45) is 0 Å². The molecule has 1 aliphatic rings. The van der Waals surface area contributed by atoms with Gasteiger partial charge >= 0.3 is 6.03 Å². The lowest BCUT2D eigenvalue weighted by molar-refractivity contribution is -0.117. The van der Waals surface area contributed by atoms with E-state index in [2.05, 4.69) is 55.4 Å². The third-order valence-electron chi connectivity index (χ3n) is 10.3. The first-order chi connectivity index (χ1) is 35.0. The number of hydrogen-bond acceptors (Lipinski definition) is 11. The van der Waals surface area contributed by atoms with E-state index in [0.29, 0.717) is 72.1 Å². The van der Waals surface area contributed by atoms with Gasteiger partial charge in [-0.1, -0.05) is 68.4 Å². The molecule has 16 nitrogen and oxygen atoms in total. The summed E-state index contributed by atoms with van der Waals surface area (Å²) in [6.07, 6.45) is 11.8. The fourth-order valence-electron chi connectivity index (χ4n) is 6.82. The maximum absolute atomic E-state index is 12.7. The molecule has 4 heterocycles. The first-order valence-corrected chi connectivity index (χ1v) is 23.2. The highest BCUT2D eigenvalue weighted by Gasteiger charge is 2.26. The summed E-state index contributed by atoms with van der Waals surface area (Å²) in [4.78, 5) is 59.8. The molecular formula is C56H58N8O8. The van der Waals surface area contributed by atoms with Crippen LogP contribution in [0.5, 0.6) is 17.2 Å². The highest BCUT2D eigenvalue weighted by Crippen LogP contribution is 2.24. The Morgan fingerprint density at radius 2 is 1.12 bits per heavy atom. The molecule has 4 aromatic carbocycles. The van der Waals surface area contributed by atoms with Crippen LogP contribution in [0.3, 0.4) is 0 Å². The van der Waals surface area contributed by atoms with E-state index in [0.717, 1.165) is 22.3 Å². The van der Waals surface area contributed by atoms with E-state index in [9.17, 15) is 19.2 Å². The highest BCUT2D eigenvalue weighted by atomic mass is 16.5. The number of urea groups is 1. The average molecular weight is 971 g/mol. The molecule has 3 aromatic heterocycles. The maximum atomic E-state index is 12.7.